The fraction of sp³-hybridized carbons (Fsp3) is 0.406. The largest absolute Gasteiger partial charge is 0.497 e. The van der Waals surface area contributed by atoms with Crippen molar-refractivity contribution in [1.82, 2.24) is 15.2 Å². The Morgan fingerprint density at radius 3 is 2.30 bits per heavy atom. The van der Waals surface area contributed by atoms with E-state index in [2.05, 4.69) is 21.3 Å². The third kappa shape index (κ3) is 8.05. The van der Waals surface area contributed by atoms with Crippen LogP contribution in [0.4, 0.5) is 5.69 Å². The smallest absolute Gasteiger partial charge is 0.251 e. The molecule has 212 valence electrons. The Kier molecular flexibility index (Phi) is 10.5. The fourth-order valence-corrected chi connectivity index (χ4v) is 5.16. The minimum absolute atomic E-state index is 0.0151. The van der Waals surface area contributed by atoms with Gasteiger partial charge in [-0.1, -0.05) is 25.3 Å². The third-order valence-electron chi connectivity index (χ3n) is 7.26. The van der Waals surface area contributed by atoms with Crippen molar-refractivity contribution >= 4 is 17.5 Å². The van der Waals surface area contributed by atoms with Crippen molar-refractivity contribution in [3.63, 3.8) is 0 Å². The zero-order valence-electron chi connectivity index (χ0n) is 23.8. The number of methoxy groups -OCH3 is 2. The van der Waals surface area contributed by atoms with E-state index in [1.807, 2.05) is 47.5 Å². The van der Waals surface area contributed by atoms with E-state index in [1.54, 1.807) is 33.4 Å². The molecule has 3 aromatic rings. The van der Waals surface area contributed by atoms with Crippen LogP contribution >= 0.6 is 0 Å². The average molecular weight is 545 g/mol. The summed E-state index contributed by atoms with van der Waals surface area (Å²) in [5.74, 6) is 1.17. The Balaban J connectivity index is 1.61. The highest BCUT2D eigenvalue weighted by Gasteiger charge is 2.20. The lowest BCUT2D eigenvalue weighted by Crippen LogP contribution is -2.33. The summed E-state index contributed by atoms with van der Waals surface area (Å²) in [4.78, 5) is 34.6. The number of nitrogens with zero attached hydrogens (tertiary/aromatic N) is 3. The molecule has 0 fully saturated rings. The third-order valence-corrected chi connectivity index (χ3v) is 7.26. The maximum Gasteiger partial charge on any atom is 0.251 e. The van der Waals surface area contributed by atoms with E-state index in [0.717, 1.165) is 67.6 Å². The lowest BCUT2D eigenvalue weighted by molar-refractivity contribution is -0.116. The molecule has 1 aromatic heterocycles. The summed E-state index contributed by atoms with van der Waals surface area (Å²) in [5, 5.41) is 3.03. The predicted molar refractivity (Wildman–Crippen MR) is 157 cm³/mol. The monoisotopic (exact) mass is 544 g/mol. The van der Waals surface area contributed by atoms with E-state index in [4.69, 9.17) is 9.47 Å². The zero-order valence-corrected chi connectivity index (χ0v) is 23.8. The predicted octanol–water partition coefficient (Wildman–Crippen LogP) is 5.35. The Morgan fingerprint density at radius 1 is 0.900 bits per heavy atom. The van der Waals surface area contributed by atoms with Gasteiger partial charge in [0.25, 0.3) is 5.91 Å². The van der Waals surface area contributed by atoms with E-state index >= 15 is 0 Å². The number of anilines is 1. The molecule has 8 nitrogen and oxygen atoms in total. The molecule has 2 aromatic carbocycles. The highest BCUT2D eigenvalue weighted by Crippen LogP contribution is 2.27. The van der Waals surface area contributed by atoms with E-state index in [-0.39, 0.29) is 11.8 Å². The Hall–Kier alpha value is -3.91. The van der Waals surface area contributed by atoms with E-state index in [0.29, 0.717) is 36.7 Å². The van der Waals surface area contributed by atoms with Gasteiger partial charge >= 0.3 is 0 Å². The average Bonchev–Trinajstić information content (AvgIpc) is 2.96. The van der Waals surface area contributed by atoms with Gasteiger partial charge < -0.3 is 19.7 Å². The van der Waals surface area contributed by atoms with Crippen molar-refractivity contribution in [2.24, 2.45) is 0 Å². The van der Waals surface area contributed by atoms with Gasteiger partial charge in [-0.25, -0.2) is 0 Å². The molecule has 8 heteroatoms. The number of carbonyl (C=O) groups excluding carboxylic acids is 2. The van der Waals surface area contributed by atoms with Crippen LogP contribution in [0.25, 0.3) is 0 Å². The number of hydrogen-bond acceptors (Lipinski definition) is 6. The maximum absolute atomic E-state index is 13.3. The first-order valence-corrected chi connectivity index (χ1v) is 14.0. The molecule has 0 saturated carbocycles. The SMILES string of the molecule is COc1cc(CNC(=O)c2ccc3c(c2)CN(Cc2cccnc2)CCCCCCCN3C(C)=O)cc(OC)c1. The molecule has 1 N–H and O–H groups in total. The lowest BCUT2D eigenvalue weighted by Gasteiger charge is -2.29. The maximum atomic E-state index is 13.3. The number of carbonyl (C=O) groups is 2. The topological polar surface area (TPSA) is 84.0 Å². The summed E-state index contributed by atoms with van der Waals surface area (Å²) in [6.45, 7) is 4.93. The molecular weight excluding hydrogens is 504 g/mol. The minimum Gasteiger partial charge on any atom is -0.497 e. The molecule has 0 spiro atoms. The number of hydrogen-bond donors (Lipinski definition) is 1. The van der Waals surface area contributed by atoms with Crippen LogP contribution in [0.2, 0.25) is 0 Å². The number of nitrogens with one attached hydrogen (secondary N) is 1. The van der Waals surface area contributed by atoms with Crippen LogP contribution in [0.3, 0.4) is 0 Å². The highest BCUT2D eigenvalue weighted by atomic mass is 16.5. The van der Waals surface area contributed by atoms with Crippen LogP contribution in [0.1, 0.15) is 66.1 Å². The number of fused-ring (bicyclic) bond motifs is 1. The van der Waals surface area contributed by atoms with Gasteiger partial charge in [0.1, 0.15) is 11.5 Å². The molecule has 40 heavy (non-hydrogen) atoms. The molecule has 0 saturated heterocycles. The van der Waals surface area contributed by atoms with Gasteiger partial charge in [-0.3, -0.25) is 19.5 Å². The number of benzene rings is 2. The highest BCUT2D eigenvalue weighted by molar-refractivity contribution is 5.97. The molecule has 0 bridgehead atoms. The summed E-state index contributed by atoms with van der Waals surface area (Å²) >= 11 is 0. The standard InChI is InChI=1S/C32H40N4O4/c1-24(37)36-15-8-6-4-5-7-14-35(22-25-10-9-13-33-20-25)23-28-18-27(11-12-31(28)36)32(38)34-21-26-16-29(39-2)19-30(17-26)40-3/h9-13,16-20H,4-8,14-15,21-23H2,1-3H3,(H,34,38). The van der Waals surface area contributed by atoms with Crippen molar-refractivity contribution in [2.45, 2.75) is 58.7 Å². The Bertz CT molecular complexity index is 1260. The summed E-state index contributed by atoms with van der Waals surface area (Å²) in [5.41, 5.74) is 4.42. The van der Waals surface area contributed by atoms with Crippen LogP contribution in [-0.2, 0) is 24.4 Å². The molecule has 0 radical (unpaired) electrons. The van der Waals surface area contributed by atoms with Crippen molar-refractivity contribution in [1.29, 1.82) is 0 Å². The minimum atomic E-state index is -0.177. The molecule has 0 atom stereocenters. The number of aromatic nitrogens is 1. The van der Waals surface area contributed by atoms with Crippen molar-refractivity contribution in [2.75, 3.05) is 32.2 Å². The van der Waals surface area contributed by atoms with Gasteiger partial charge in [0, 0.05) is 62.8 Å². The molecular formula is C32H40N4O4. The number of rotatable bonds is 7. The van der Waals surface area contributed by atoms with E-state index < -0.39 is 0 Å². The Labute approximate surface area is 237 Å². The van der Waals surface area contributed by atoms with Gasteiger partial charge in [0.15, 0.2) is 0 Å². The molecule has 0 aliphatic carbocycles. The van der Waals surface area contributed by atoms with Crippen molar-refractivity contribution in [3.05, 3.63) is 83.2 Å². The Morgan fingerprint density at radius 2 is 1.62 bits per heavy atom. The second-order valence-corrected chi connectivity index (χ2v) is 10.3. The lowest BCUT2D eigenvalue weighted by atomic mass is 10.0. The molecule has 2 amide bonds. The summed E-state index contributed by atoms with van der Waals surface area (Å²) < 4.78 is 10.7. The molecule has 2 heterocycles. The van der Waals surface area contributed by atoms with E-state index in [1.165, 1.54) is 0 Å². The van der Waals surface area contributed by atoms with Gasteiger partial charge in [-0.05, 0) is 72.5 Å². The number of amides is 2. The molecule has 0 unspecified atom stereocenters. The van der Waals surface area contributed by atoms with Gasteiger partial charge in [-0.15, -0.1) is 0 Å². The van der Waals surface area contributed by atoms with Crippen molar-refractivity contribution in [3.8, 4) is 11.5 Å². The van der Waals surface area contributed by atoms with Crippen molar-refractivity contribution < 1.29 is 19.1 Å². The number of pyridine rings is 1. The molecule has 1 aliphatic heterocycles. The molecule has 1 aliphatic rings. The summed E-state index contributed by atoms with van der Waals surface area (Å²) in [7, 11) is 3.20. The fourth-order valence-electron chi connectivity index (χ4n) is 5.16. The summed E-state index contributed by atoms with van der Waals surface area (Å²) in [6, 6.07) is 15.3. The van der Waals surface area contributed by atoms with Crippen LogP contribution in [0.15, 0.2) is 60.9 Å². The normalized spacial score (nSPS) is 14.8. The quantitative estimate of drug-likeness (QED) is 0.432. The summed E-state index contributed by atoms with van der Waals surface area (Å²) in [6.07, 6.45) is 9.17. The van der Waals surface area contributed by atoms with Crippen LogP contribution in [0.5, 0.6) is 11.5 Å². The second kappa shape index (κ2) is 14.5. The van der Waals surface area contributed by atoms with Gasteiger partial charge in [0.05, 0.1) is 14.2 Å². The van der Waals surface area contributed by atoms with Gasteiger partial charge in [0.2, 0.25) is 5.91 Å². The van der Waals surface area contributed by atoms with E-state index in [9.17, 15) is 9.59 Å². The van der Waals surface area contributed by atoms with Gasteiger partial charge in [-0.2, -0.15) is 0 Å². The second-order valence-electron chi connectivity index (χ2n) is 10.3. The number of ether oxygens (including phenoxy) is 2. The first-order valence-electron chi connectivity index (χ1n) is 14.0. The van der Waals surface area contributed by atoms with Crippen LogP contribution < -0.4 is 19.7 Å². The first-order chi connectivity index (χ1) is 19.5. The molecule has 4 rings (SSSR count). The van der Waals surface area contributed by atoms with Crippen LogP contribution in [0, 0.1) is 0 Å². The first kappa shape index (κ1) is 29.1. The van der Waals surface area contributed by atoms with Crippen LogP contribution in [-0.4, -0.2) is 49.0 Å². The zero-order chi connectivity index (χ0) is 28.3.